The lowest BCUT2D eigenvalue weighted by Crippen LogP contribution is -2.23. The molecular formula is C14H15FN2O3. The lowest BCUT2D eigenvalue weighted by molar-refractivity contribution is -0.121. The van der Waals surface area contributed by atoms with Gasteiger partial charge in [-0.05, 0) is 31.0 Å². The van der Waals surface area contributed by atoms with Crippen molar-refractivity contribution < 1.29 is 18.7 Å². The summed E-state index contributed by atoms with van der Waals surface area (Å²) in [4.78, 5) is 11.6. The van der Waals surface area contributed by atoms with Crippen molar-refractivity contribution in [1.29, 1.82) is 5.26 Å². The number of hydrogen-bond acceptors (Lipinski definition) is 4. The first-order valence-electron chi connectivity index (χ1n) is 6.38. The fourth-order valence-corrected chi connectivity index (χ4v) is 1.94. The summed E-state index contributed by atoms with van der Waals surface area (Å²) in [6.07, 6.45) is 1.98. The first kappa shape index (κ1) is 14.4. The Balaban J connectivity index is 1.80. The Morgan fingerprint density at radius 1 is 1.60 bits per heavy atom. The Morgan fingerprint density at radius 2 is 2.45 bits per heavy atom. The number of carbonyl (C=O) groups is 1. The van der Waals surface area contributed by atoms with Crippen molar-refractivity contribution in [3.05, 3.63) is 29.6 Å². The van der Waals surface area contributed by atoms with E-state index in [1.165, 1.54) is 12.1 Å². The number of nitriles is 1. The number of hydrogen-bond donors (Lipinski definition) is 1. The molecule has 2 rings (SSSR count). The molecule has 0 bridgehead atoms. The predicted octanol–water partition coefficient (Wildman–Crippen LogP) is 1.83. The van der Waals surface area contributed by atoms with E-state index in [4.69, 9.17) is 14.7 Å². The first-order valence-corrected chi connectivity index (χ1v) is 6.38. The Labute approximate surface area is 116 Å². The van der Waals surface area contributed by atoms with E-state index in [2.05, 4.69) is 5.32 Å². The van der Waals surface area contributed by atoms with Crippen molar-refractivity contribution in [1.82, 2.24) is 0 Å². The Bertz CT molecular complexity index is 522. The van der Waals surface area contributed by atoms with E-state index in [0.717, 1.165) is 25.5 Å². The number of nitrogens with one attached hydrogen (secondary N) is 1. The summed E-state index contributed by atoms with van der Waals surface area (Å²) < 4.78 is 24.0. The van der Waals surface area contributed by atoms with E-state index >= 15 is 0 Å². The summed E-state index contributed by atoms with van der Waals surface area (Å²) >= 11 is 0. The minimum absolute atomic E-state index is 0.0187. The third-order valence-electron chi connectivity index (χ3n) is 2.93. The lowest BCUT2D eigenvalue weighted by Gasteiger charge is -2.10. The van der Waals surface area contributed by atoms with Crippen LogP contribution in [0.15, 0.2) is 18.2 Å². The molecule has 1 heterocycles. The molecule has 1 fully saturated rings. The second-order valence-corrected chi connectivity index (χ2v) is 4.50. The van der Waals surface area contributed by atoms with Crippen molar-refractivity contribution >= 4 is 11.6 Å². The zero-order valence-electron chi connectivity index (χ0n) is 10.9. The maximum Gasteiger partial charge on any atom is 0.250 e. The Hall–Kier alpha value is -1.97. The van der Waals surface area contributed by atoms with Gasteiger partial charge in [0, 0.05) is 6.61 Å². The molecule has 1 amide bonds. The fraction of sp³-hybridized carbons (Fsp3) is 0.429. The molecule has 0 saturated carbocycles. The third kappa shape index (κ3) is 4.02. The highest BCUT2D eigenvalue weighted by Gasteiger charge is 2.16. The number of ether oxygens (including phenoxy) is 2. The van der Waals surface area contributed by atoms with Gasteiger partial charge in [-0.2, -0.15) is 5.26 Å². The van der Waals surface area contributed by atoms with E-state index in [1.807, 2.05) is 6.07 Å². The Morgan fingerprint density at radius 3 is 3.15 bits per heavy atom. The number of halogens is 1. The van der Waals surface area contributed by atoms with Gasteiger partial charge in [0.2, 0.25) is 5.91 Å². The smallest absolute Gasteiger partial charge is 0.250 e. The molecular weight excluding hydrogens is 263 g/mol. The minimum Gasteiger partial charge on any atom is -0.376 e. The third-order valence-corrected chi connectivity index (χ3v) is 2.93. The average molecular weight is 278 g/mol. The van der Waals surface area contributed by atoms with Crippen LogP contribution >= 0.6 is 0 Å². The molecule has 5 nitrogen and oxygen atoms in total. The molecule has 0 aliphatic carbocycles. The highest BCUT2D eigenvalue weighted by atomic mass is 19.1. The summed E-state index contributed by atoms with van der Waals surface area (Å²) in [6, 6.07) is 5.65. The van der Waals surface area contributed by atoms with Crippen molar-refractivity contribution in [2.24, 2.45) is 0 Å². The van der Waals surface area contributed by atoms with Gasteiger partial charge in [-0.15, -0.1) is 0 Å². The van der Waals surface area contributed by atoms with Crippen LogP contribution < -0.4 is 5.32 Å². The van der Waals surface area contributed by atoms with Crippen LogP contribution in [-0.2, 0) is 14.3 Å². The monoisotopic (exact) mass is 278 g/mol. The minimum atomic E-state index is -0.587. The molecule has 1 unspecified atom stereocenters. The molecule has 1 N–H and O–H groups in total. The summed E-state index contributed by atoms with van der Waals surface area (Å²) in [5, 5.41) is 11.1. The molecule has 1 aromatic carbocycles. The van der Waals surface area contributed by atoms with Crippen molar-refractivity contribution in [3.63, 3.8) is 0 Å². The summed E-state index contributed by atoms with van der Waals surface area (Å²) in [5.74, 6) is -1.05. The normalized spacial score (nSPS) is 17.7. The molecule has 0 aromatic heterocycles. The summed E-state index contributed by atoms with van der Waals surface area (Å²) in [7, 11) is 0. The molecule has 0 spiro atoms. The lowest BCUT2D eigenvalue weighted by atomic mass is 10.2. The predicted molar refractivity (Wildman–Crippen MR) is 69.5 cm³/mol. The molecule has 106 valence electrons. The molecule has 0 radical (unpaired) electrons. The van der Waals surface area contributed by atoms with Crippen LogP contribution in [0.3, 0.4) is 0 Å². The highest BCUT2D eigenvalue weighted by Crippen LogP contribution is 2.16. The molecule has 1 aliphatic heterocycles. The van der Waals surface area contributed by atoms with Crippen LogP contribution in [0.5, 0.6) is 0 Å². The molecule has 20 heavy (non-hydrogen) atoms. The standard InChI is InChI=1S/C14H15FN2O3/c15-12-4-3-10(7-16)6-13(12)17-14(18)9-19-8-11-2-1-5-20-11/h3-4,6,11H,1-2,5,8-9H2,(H,17,18). The van der Waals surface area contributed by atoms with Crippen LogP contribution in [0.2, 0.25) is 0 Å². The van der Waals surface area contributed by atoms with Crippen LogP contribution in [0.4, 0.5) is 10.1 Å². The number of anilines is 1. The van der Waals surface area contributed by atoms with Gasteiger partial charge in [-0.1, -0.05) is 0 Å². The summed E-state index contributed by atoms with van der Waals surface area (Å²) in [5.41, 5.74) is 0.261. The maximum absolute atomic E-state index is 13.4. The fourth-order valence-electron chi connectivity index (χ4n) is 1.94. The van der Waals surface area contributed by atoms with Crippen LogP contribution in [0.1, 0.15) is 18.4 Å². The van der Waals surface area contributed by atoms with Crippen LogP contribution in [0.25, 0.3) is 0 Å². The molecule has 1 saturated heterocycles. The number of nitrogens with zero attached hydrogens (tertiary/aromatic N) is 1. The van der Waals surface area contributed by atoms with Gasteiger partial charge >= 0.3 is 0 Å². The van der Waals surface area contributed by atoms with Gasteiger partial charge in [0.25, 0.3) is 0 Å². The van der Waals surface area contributed by atoms with Crippen molar-refractivity contribution in [2.75, 3.05) is 25.1 Å². The molecule has 1 aromatic rings. The highest BCUT2D eigenvalue weighted by molar-refractivity contribution is 5.92. The average Bonchev–Trinajstić information content (AvgIpc) is 2.94. The van der Waals surface area contributed by atoms with E-state index in [-0.39, 0.29) is 24.0 Å². The van der Waals surface area contributed by atoms with Crippen molar-refractivity contribution in [2.45, 2.75) is 18.9 Å². The topological polar surface area (TPSA) is 71.4 Å². The maximum atomic E-state index is 13.4. The van der Waals surface area contributed by atoms with Crippen LogP contribution in [-0.4, -0.2) is 31.8 Å². The van der Waals surface area contributed by atoms with Gasteiger partial charge in [-0.25, -0.2) is 4.39 Å². The second kappa shape index (κ2) is 6.98. The number of carbonyl (C=O) groups excluding carboxylic acids is 1. The zero-order valence-corrected chi connectivity index (χ0v) is 10.9. The number of amides is 1. The Kier molecular flexibility index (Phi) is 5.04. The van der Waals surface area contributed by atoms with E-state index < -0.39 is 11.7 Å². The summed E-state index contributed by atoms with van der Waals surface area (Å²) in [6.45, 7) is 0.913. The van der Waals surface area contributed by atoms with E-state index in [1.54, 1.807) is 0 Å². The van der Waals surface area contributed by atoms with E-state index in [9.17, 15) is 9.18 Å². The largest absolute Gasteiger partial charge is 0.376 e. The molecule has 1 atom stereocenters. The van der Waals surface area contributed by atoms with Gasteiger partial charge in [0.15, 0.2) is 0 Å². The second-order valence-electron chi connectivity index (χ2n) is 4.50. The van der Waals surface area contributed by atoms with E-state index in [0.29, 0.717) is 6.61 Å². The van der Waals surface area contributed by atoms with Gasteiger partial charge < -0.3 is 14.8 Å². The van der Waals surface area contributed by atoms with Gasteiger partial charge in [0.1, 0.15) is 12.4 Å². The van der Waals surface area contributed by atoms with Crippen LogP contribution in [0, 0.1) is 17.1 Å². The van der Waals surface area contributed by atoms with Gasteiger partial charge in [-0.3, -0.25) is 4.79 Å². The SMILES string of the molecule is N#Cc1ccc(F)c(NC(=O)COCC2CCCO2)c1. The molecule has 6 heteroatoms. The van der Waals surface area contributed by atoms with Gasteiger partial charge in [0.05, 0.1) is 30.0 Å². The zero-order chi connectivity index (χ0) is 14.4. The quantitative estimate of drug-likeness (QED) is 0.892. The number of benzene rings is 1. The molecule has 1 aliphatic rings. The number of rotatable bonds is 5. The first-order chi connectivity index (χ1) is 9.69. The van der Waals surface area contributed by atoms with Crippen molar-refractivity contribution in [3.8, 4) is 6.07 Å².